The quantitative estimate of drug-likeness (QED) is 0.163. The Hall–Kier alpha value is -8.13. The molecule has 1 aromatic heterocycles. The highest BCUT2D eigenvalue weighted by Crippen LogP contribution is 2.64. The van der Waals surface area contributed by atoms with Gasteiger partial charge >= 0.3 is 0 Å². The second-order valence-electron chi connectivity index (χ2n) is 25.3. The van der Waals surface area contributed by atoms with E-state index in [0.29, 0.717) is 0 Å². The molecule has 10 aromatic rings. The van der Waals surface area contributed by atoms with Crippen LogP contribution >= 0.6 is 11.3 Å². The van der Waals surface area contributed by atoms with E-state index >= 15 is 0 Å². The maximum absolute atomic E-state index is 7.67. The van der Waals surface area contributed by atoms with Crippen LogP contribution < -0.4 is 61.2 Å². The van der Waals surface area contributed by atoms with Gasteiger partial charge in [-0.2, -0.15) is 0 Å². The van der Waals surface area contributed by atoms with Crippen molar-refractivity contribution in [3.8, 4) is 23.0 Å². The Morgan fingerprint density at radius 2 is 0.877 bits per heavy atom. The minimum Gasteiger partial charge on any atom is -0.458 e. The van der Waals surface area contributed by atoms with Gasteiger partial charge < -0.3 is 29.1 Å². The van der Waals surface area contributed by atoms with Gasteiger partial charge in [0.05, 0.1) is 16.8 Å². The number of ether oxygens (including phenoxy) is 2. The molecule has 0 radical (unpaired) electrons. The van der Waals surface area contributed by atoms with Gasteiger partial charge in [-0.1, -0.05) is 155 Å². The summed E-state index contributed by atoms with van der Waals surface area (Å²) in [5.74, 6) is 3.52. The van der Waals surface area contributed by atoms with Crippen molar-refractivity contribution >= 4 is 124 Å². The van der Waals surface area contributed by atoms with Crippen LogP contribution in [0.15, 0.2) is 194 Å². The molecule has 81 heavy (non-hydrogen) atoms. The maximum Gasteiger partial charge on any atom is 0.268 e. The highest BCUT2D eigenvalue weighted by molar-refractivity contribution is 7.33. The van der Waals surface area contributed by atoms with Gasteiger partial charge in [0.1, 0.15) is 23.0 Å². The van der Waals surface area contributed by atoms with Gasteiger partial charge in [-0.15, -0.1) is 11.3 Å². The average molecular weight is 1070 g/mol. The summed E-state index contributed by atoms with van der Waals surface area (Å²) in [6, 6.07) is 73.3. The van der Waals surface area contributed by atoms with Gasteiger partial charge in [-0.25, -0.2) is 0 Å². The van der Waals surface area contributed by atoms with E-state index in [0.717, 1.165) is 59.3 Å². The fourth-order valence-corrected chi connectivity index (χ4v) is 18.8. The van der Waals surface area contributed by atoms with Crippen LogP contribution in [0.4, 0.5) is 56.9 Å². The average Bonchev–Trinajstić information content (AvgIpc) is 3.51. The predicted octanol–water partition coefficient (Wildman–Crippen LogP) is 15.2. The van der Waals surface area contributed by atoms with Crippen LogP contribution in [0.1, 0.15) is 90.2 Å². The maximum atomic E-state index is 7.67. The number of thiophene rings is 1. The molecule has 2 saturated carbocycles. The van der Waals surface area contributed by atoms with Crippen molar-refractivity contribution in [1.82, 2.24) is 0 Å². The molecule has 0 bridgehead atoms. The topological polar surface area (TPSA) is 31.4 Å². The number of para-hydroxylation sites is 5. The molecular formula is C72H60B2N4O2S. The molecule has 18 rings (SSSR count). The molecule has 6 aliphatic heterocycles. The standard InChI is InChI=1S/C72H60B2N4O2S/c1-69-35-19-21-37-71(69,3)77(55-31-15-12-28-50(55)69)47-39-58-65-62(41-47)79-60-44-61-54(43-53(60)73(65)52-30-14-17-33-57(52)75(58)45-23-7-5-8-24-45)74-66-59(76(46-25-9-6-10-26-46)67-49-27-11-18-34-64(49)81-68(67)74)40-48(42-63(66)80-61)78-56-32-16-13-29-51(56)70(2)36-20-22-38-72(70,78)4/h5-18,23-34,39-44H,19-22,35-38H2,1-4H3. The summed E-state index contributed by atoms with van der Waals surface area (Å²) in [6.07, 6.45) is 9.46. The van der Waals surface area contributed by atoms with E-state index in [1.807, 2.05) is 11.3 Å². The van der Waals surface area contributed by atoms with E-state index < -0.39 is 0 Å². The summed E-state index contributed by atoms with van der Waals surface area (Å²) in [7, 11) is 0. The van der Waals surface area contributed by atoms with Crippen LogP contribution in [-0.4, -0.2) is 24.5 Å². The highest BCUT2D eigenvalue weighted by atomic mass is 32.1. The molecule has 6 nitrogen and oxygen atoms in total. The summed E-state index contributed by atoms with van der Waals surface area (Å²) in [5.41, 5.74) is 20.7. The van der Waals surface area contributed by atoms with Crippen LogP contribution in [0.2, 0.25) is 0 Å². The van der Waals surface area contributed by atoms with Gasteiger partial charge in [0.2, 0.25) is 0 Å². The number of rotatable bonds is 4. The molecule has 7 heterocycles. The zero-order valence-electron chi connectivity index (χ0n) is 46.3. The number of hydrogen-bond acceptors (Lipinski definition) is 7. The molecule has 0 spiro atoms. The summed E-state index contributed by atoms with van der Waals surface area (Å²) in [5, 5.41) is 1.27. The molecule has 9 heteroatoms. The molecular weight excluding hydrogens is 1010 g/mol. The first-order chi connectivity index (χ1) is 39.6. The fourth-order valence-electron chi connectivity index (χ4n) is 17.5. The monoisotopic (exact) mass is 1070 g/mol. The minimum atomic E-state index is -0.136. The Balaban J connectivity index is 0.881. The molecule has 0 amide bonds. The number of benzene rings is 9. The van der Waals surface area contributed by atoms with Gasteiger partial charge in [-0.05, 0) is 139 Å². The Labute approximate surface area is 479 Å². The summed E-state index contributed by atoms with van der Waals surface area (Å²) in [4.78, 5) is 10.5. The van der Waals surface area contributed by atoms with Crippen LogP contribution in [0.25, 0.3) is 10.1 Å². The summed E-state index contributed by atoms with van der Waals surface area (Å²) in [6.45, 7) is 9.92. The molecule has 0 saturated heterocycles. The van der Waals surface area contributed by atoms with Crippen molar-refractivity contribution < 1.29 is 9.47 Å². The summed E-state index contributed by atoms with van der Waals surface area (Å²) >= 11 is 1.93. The SMILES string of the molecule is CC12CCCCC1(C)N(c1cc3c4c(c1)N(c1ccccc1)c1ccccc1B4c1cc4c(cc1O3)Oc1cc(N3c5ccccc5C5(C)CCCCC35C)cc3c1B4c1sc4ccccc4c1N3c1ccccc1)c1ccccc12. The first-order valence-corrected chi connectivity index (χ1v) is 30.5. The normalized spacial score (nSPS) is 23.7. The second kappa shape index (κ2) is 16.3. The number of hydrogen-bond donors (Lipinski definition) is 0. The lowest BCUT2D eigenvalue weighted by Gasteiger charge is -2.51. The van der Waals surface area contributed by atoms with E-state index in [1.54, 1.807) is 0 Å². The van der Waals surface area contributed by atoms with Gasteiger partial charge in [0.25, 0.3) is 13.4 Å². The van der Waals surface area contributed by atoms with Crippen LogP contribution in [-0.2, 0) is 10.8 Å². The van der Waals surface area contributed by atoms with E-state index in [2.05, 4.69) is 241 Å². The Morgan fingerprint density at radius 3 is 1.49 bits per heavy atom. The van der Waals surface area contributed by atoms with E-state index in [1.165, 1.54) is 125 Å². The lowest BCUT2D eigenvalue weighted by molar-refractivity contribution is 0.195. The number of anilines is 10. The first kappa shape index (κ1) is 46.6. The fraction of sp³-hybridized carbons (Fsp3) is 0.222. The van der Waals surface area contributed by atoms with Crippen LogP contribution in [0.5, 0.6) is 23.0 Å². The molecule has 4 atom stereocenters. The van der Waals surface area contributed by atoms with Crippen molar-refractivity contribution in [3.05, 3.63) is 205 Å². The van der Waals surface area contributed by atoms with Crippen molar-refractivity contribution in [1.29, 1.82) is 0 Å². The van der Waals surface area contributed by atoms with Gasteiger partial charge in [-0.3, -0.25) is 0 Å². The van der Waals surface area contributed by atoms with Crippen LogP contribution in [0, 0.1) is 0 Å². The molecule has 4 unspecified atom stereocenters. The largest absolute Gasteiger partial charge is 0.458 e. The van der Waals surface area contributed by atoms with E-state index in [9.17, 15) is 0 Å². The minimum absolute atomic E-state index is 0.000573. The van der Waals surface area contributed by atoms with Crippen molar-refractivity contribution in [3.63, 3.8) is 0 Å². The zero-order valence-corrected chi connectivity index (χ0v) is 47.1. The van der Waals surface area contributed by atoms with Crippen molar-refractivity contribution in [2.24, 2.45) is 0 Å². The Kier molecular flexibility index (Phi) is 9.37. The molecule has 9 aromatic carbocycles. The molecule has 2 aliphatic carbocycles. The Morgan fingerprint density at radius 1 is 0.395 bits per heavy atom. The van der Waals surface area contributed by atoms with Crippen molar-refractivity contribution in [2.75, 3.05) is 19.6 Å². The third kappa shape index (κ3) is 5.90. The predicted molar refractivity (Wildman–Crippen MR) is 339 cm³/mol. The molecule has 8 aliphatic rings. The van der Waals surface area contributed by atoms with Gasteiger partial charge in [0.15, 0.2) is 0 Å². The summed E-state index contributed by atoms with van der Waals surface area (Å²) < 4.78 is 17.9. The smallest absolute Gasteiger partial charge is 0.268 e. The molecule has 392 valence electrons. The third-order valence-corrected chi connectivity index (χ3v) is 22.8. The van der Waals surface area contributed by atoms with Gasteiger partial charge in [0, 0.05) is 95.1 Å². The zero-order chi connectivity index (χ0) is 53.7. The lowest BCUT2D eigenvalue weighted by atomic mass is 9.32. The van der Waals surface area contributed by atoms with E-state index in [4.69, 9.17) is 9.47 Å². The first-order valence-electron chi connectivity index (χ1n) is 29.6. The molecule has 2 fully saturated rings. The number of fused-ring (bicyclic) bond motifs is 16. The second-order valence-corrected chi connectivity index (χ2v) is 26.4. The highest BCUT2D eigenvalue weighted by Gasteiger charge is 2.60. The van der Waals surface area contributed by atoms with Crippen LogP contribution in [0.3, 0.4) is 0 Å². The van der Waals surface area contributed by atoms with E-state index in [-0.39, 0.29) is 35.3 Å². The lowest BCUT2D eigenvalue weighted by Crippen LogP contribution is -2.63. The molecule has 0 N–H and O–H groups in total. The third-order valence-electron chi connectivity index (χ3n) is 21.6. The van der Waals surface area contributed by atoms with Crippen molar-refractivity contribution in [2.45, 2.75) is 101 Å². The Bertz CT molecular complexity index is 4360. The number of nitrogens with zero attached hydrogens (tertiary/aromatic N) is 4.